The molecular weight excluding hydrogens is 352 g/mol. The molecule has 0 fully saturated rings. The van der Waals surface area contributed by atoms with Gasteiger partial charge in [-0.15, -0.1) is 0 Å². The van der Waals surface area contributed by atoms with E-state index in [-0.39, 0.29) is 17.4 Å². The molecule has 1 amide bonds. The van der Waals surface area contributed by atoms with E-state index in [2.05, 4.69) is 20.6 Å². The minimum absolute atomic E-state index is 0.0586. The zero-order valence-corrected chi connectivity index (χ0v) is 16.1. The van der Waals surface area contributed by atoms with Gasteiger partial charge in [-0.05, 0) is 50.1 Å². The quantitative estimate of drug-likeness (QED) is 0.633. The second kappa shape index (κ2) is 8.43. The second-order valence-electron chi connectivity index (χ2n) is 6.59. The largest absolute Gasteiger partial charge is 0.350 e. The number of amides is 1. The summed E-state index contributed by atoms with van der Waals surface area (Å²) in [5.74, 6) is -0.0206. The van der Waals surface area contributed by atoms with Gasteiger partial charge in [0.15, 0.2) is 5.78 Å². The van der Waals surface area contributed by atoms with E-state index in [1.54, 1.807) is 30.3 Å². The summed E-state index contributed by atoms with van der Waals surface area (Å²) in [6, 6.07) is 16.5. The van der Waals surface area contributed by atoms with Crippen molar-refractivity contribution in [1.29, 1.82) is 0 Å². The van der Waals surface area contributed by atoms with Gasteiger partial charge in [-0.2, -0.15) is 0 Å². The van der Waals surface area contributed by atoms with Gasteiger partial charge in [-0.25, -0.2) is 9.97 Å². The van der Waals surface area contributed by atoms with E-state index < -0.39 is 0 Å². The van der Waals surface area contributed by atoms with Crippen molar-refractivity contribution in [3.05, 3.63) is 82.7 Å². The molecule has 0 radical (unpaired) electrons. The Morgan fingerprint density at radius 2 is 1.75 bits per heavy atom. The lowest BCUT2D eigenvalue weighted by atomic mass is 10.1. The van der Waals surface area contributed by atoms with Gasteiger partial charge in [0.25, 0.3) is 5.91 Å². The molecule has 0 aliphatic heterocycles. The Bertz CT molecular complexity index is 1030. The molecule has 0 aliphatic carbocycles. The number of Topliss-reactive ketones (excluding diaryl/α,β-unsaturated/α-hetero) is 1. The summed E-state index contributed by atoms with van der Waals surface area (Å²) in [5.41, 5.74) is 4.34. The second-order valence-corrected chi connectivity index (χ2v) is 6.59. The van der Waals surface area contributed by atoms with Crippen LogP contribution in [0, 0.1) is 13.8 Å². The molecule has 6 heteroatoms. The Morgan fingerprint density at radius 3 is 2.50 bits per heavy atom. The van der Waals surface area contributed by atoms with Gasteiger partial charge in [-0.1, -0.05) is 36.4 Å². The summed E-state index contributed by atoms with van der Waals surface area (Å²) >= 11 is 0. The summed E-state index contributed by atoms with van der Waals surface area (Å²) < 4.78 is 0. The average Bonchev–Trinajstić information content (AvgIpc) is 2.67. The van der Waals surface area contributed by atoms with E-state index in [4.69, 9.17) is 0 Å². The Hall–Kier alpha value is -3.54. The van der Waals surface area contributed by atoms with Gasteiger partial charge in [0.2, 0.25) is 5.95 Å². The molecule has 2 aromatic carbocycles. The summed E-state index contributed by atoms with van der Waals surface area (Å²) in [6.45, 7) is 5.91. The Morgan fingerprint density at radius 1 is 0.964 bits per heavy atom. The number of aromatic nitrogens is 2. The molecule has 0 bridgehead atoms. The number of rotatable bonds is 6. The Labute approximate surface area is 164 Å². The van der Waals surface area contributed by atoms with Crippen molar-refractivity contribution in [3.63, 3.8) is 0 Å². The Kier molecular flexibility index (Phi) is 5.79. The van der Waals surface area contributed by atoms with Crippen LogP contribution in [0.2, 0.25) is 0 Å². The predicted octanol–water partition coefficient (Wildman–Crippen LogP) is 4.16. The fourth-order valence-electron chi connectivity index (χ4n) is 2.76. The first-order valence-corrected chi connectivity index (χ1v) is 8.99. The first kappa shape index (κ1) is 19.2. The van der Waals surface area contributed by atoms with Crippen LogP contribution in [0.4, 0.5) is 11.6 Å². The minimum Gasteiger partial charge on any atom is -0.350 e. The zero-order valence-electron chi connectivity index (χ0n) is 16.1. The number of nitrogens with one attached hydrogen (secondary N) is 2. The van der Waals surface area contributed by atoms with Crippen LogP contribution in [0.15, 0.2) is 54.6 Å². The number of nitrogens with zero attached hydrogens (tertiary/aromatic N) is 2. The number of hydrogen-bond donors (Lipinski definition) is 2. The third kappa shape index (κ3) is 4.79. The lowest BCUT2D eigenvalue weighted by Crippen LogP contribution is -2.16. The molecule has 0 unspecified atom stereocenters. The third-order valence-corrected chi connectivity index (χ3v) is 4.31. The molecule has 28 heavy (non-hydrogen) atoms. The van der Waals surface area contributed by atoms with Crippen molar-refractivity contribution in [2.24, 2.45) is 0 Å². The van der Waals surface area contributed by atoms with Gasteiger partial charge < -0.3 is 10.6 Å². The third-order valence-electron chi connectivity index (χ3n) is 4.31. The number of anilines is 2. The van der Waals surface area contributed by atoms with E-state index in [9.17, 15) is 9.59 Å². The highest BCUT2D eigenvalue weighted by atomic mass is 16.2. The number of carbonyl (C=O) groups excluding carboxylic acids is 2. The fourth-order valence-corrected chi connectivity index (χ4v) is 2.76. The monoisotopic (exact) mass is 374 g/mol. The molecule has 2 N–H and O–H groups in total. The first-order valence-electron chi connectivity index (χ1n) is 8.99. The molecule has 3 aromatic rings. The van der Waals surface area contributed by atoms with Crippen molar-refractivity contribution in [2.75, 3.05) is 10.6 Å². The van der Waals surface area contributed by atoms with Crippen LogP contribution in [0.3, 0.4) is 0 Å². The van der Waals surface area contributed by atoms with Gasteiger partial charge >= 0.3 is 0 Å². The summed E-state index contributed by atoms with van der Waals surface area (Å²) in [6.07, 6.45) is 0. The Balaban J connectivity index is 1.75. The van der Waals surface area contributed by atoms with Gasteiger partial charge in [0.1, 0.15) is 5.69 Å². The van der Waals surface area contributed by atoms with Gasteiger partial charge in [-0.3, -0.25) is 9.59 Å². The van der Waals surface area contributed by atoms with Crippen LogP contribution in [0.5, 0.6) is 0 Å². The molecule has 0 atom stereocenters. The fraction of sp³-hybridized carbons (Fsp3) is 0.182. The highest BCUT2D eigenvalue weighted by Gasteiger charge is 2.12. The minimum atomic E-state index is -0.356. The van der Waals surface area contributed by atoms with Crippen molar-refractivity contribution >= 4 is 23.3 Å². The maximum absolute atomic E-state index is 12.6. The van der Waals surface area contributed by atoms with Crippen LogP contribution < -0.4 is 10.6 Å². The maximum Gasteiger partial charge on any atom is 0.274 e. The number of ketones is 1. The molecule has 1 heterocycles. The molecule has 0 saturated carbocycles. The first-order chi connectivity index (χ1) is 13.4. The van der Waals surface area contributed by atoms with E-state index in [0.717, 1.165) is 5.56 Å². The normalized spacial score (nSPS) is 10.4. The van der Waals surface area contributed by atoms with E-state index >= 15 is 0 Å². The standard InChI is InChI=1S/C22H22N4O2/c1-14-7-4-5-8-18(14)13-23-22-24-15(2)11-20(26-22)21(28)25-19-10-6-9-17(12-19)16(3)27/h4-12H,13H2,1-3H3,(H,25,28)(H,23,24,26). The average molecular weight is 374 g/mol. The summed E-state index contributed by atoms with van der Waals surface area (Å²) in [7, 11) is 0. The van der Waals surface area contributed by atoms with E-state index in [1.165, 1.54) is 12.5 Å². The topological polar surface area (TPSA) is 84.0 Å². The molecule has 0 spiro atoms. The number of hydrogen-bond acceptors (Lipinski definition) is 5. The van der Waals surface area contributed by atoms with E-state index in [1.807, 2.05) is 38.1 Å². The number of aryl methyl sites for hydroxylation is 2. The van der Waals surface area contributed by atoms with Crippen molar-refractivity contribution in [2.45, 2.75) is 27.3 Å². The highest BCUT2D eigenvalue weighted by molar-refractivity contribution is 6.04. The molecule has 3 rings (SSSR count). The molecular formula is C22H22N4O2. The SMILES string of the molecule is CC(=O)c1cccc(NC(=O)c2cc(C)nc(NCc3ccccc3C)n2)c1. The highest BCUT2D eigenvalue weighted by Crippen LogP contribution is 2.14. The smallest absolute Gasteiger partial charge is 0.274 e. The maximum atomic E-state index is 12.6. The van der Waals surface area contributed by atoms with Crippen LogP contribution in [0.1, 0.15) is 44.6 Å². The molecule has 6 nitrogen and oxygen atoms in total. The molecule has 0 aliphatic rings. The van der Waals surface area contributed by atoms with Crippen LogP contribution >= 0.6 is 0 Å². The molecule has 0 saturated heterocycles. The van der Waals surface area contributed by atoms with Crippen LogP contribution in [-0.4, -0.2) is 21.7 Å². The van der Waals surface area contributed by atoms with Crippen LogP contribution in [-0.2, 0) is 6.54 Å². The molecule has 142 valence electrons. The van der Waals surface area contributed by atoms with Crippen molar-refractivity contribution in [3.8, 4) is 0 Å². The van der Waals surface area contributed by atoms with Crippen molar-refractivity contribution < 1.29 is 9.59 Å². The zero-order chi connectivity index (χ0) is 20.1. The predicted molar refractivity (Wildman–Crippen MR) is 110 cm³/mol. The summed E-state index contributed by atoms with van der Waals surface area (Å²) in [5, 5.41) is 5.96. The van der Waals surface area contributed by atoms with Crippen LogP contribution in [0.25, 0.3) is 0 Å². The molecule has 1 aromatic heterocycles. The van der Waals surface area contributed by atoms with Gasteiger partial charge in [0, 0.05) is 23.5 Å². The lowest BCUT2D eigenvalue weighted by molar-refractivity contribution is 0.100. The van der Waals surface area contributed by atoms with Crippen molar-refractivity contribution in [1.82, 2.24) is 9.97 Å². The van der Waals surface area contributed by atoms with Gasteiger partial charge in [0.05, 0.1) is 0 Å². The lowest BCUT2D eigenvalue weighted by Gasteiger charge is -2.10. The summed E-state index contributed by atoms with van der Waals surface area (Å²) in [4.78, 5) is 32.8. The number of carbonyl (C=O) groups is 2. The number of benzene rings is 2. The van der Waals surface area contributed by atoms with E-state index in [0.29, 0.717) is 29.4 Å².